The van der Waals surface area contributed by atoms with E-state index in [2.05, 4.69) is 20.5 Å². The first-order valence-electron chi connectivity index (χ1n) is 9.96. The number of phenolic OH excluding ortho intramolecular Hbond substituents is 1. The summed E-state index contributed by atoms with van der Waals surface area (Å²) < 4.78 is 13.3. The highest BCUT2D eigenvalue weighted by molar-refractivity contribution is 6.30. The molecule has 0 aliphatic carbocycles. The van der Waals surface area contributed by atoms with Crippen molar-refractivity contribution in [2.24, 2.45) is 0 Å². The van der Waals surface area contributed by atoms with Gasteiger partial charge >= 0.3 is 0 Å². The molecule has 0 saturated carbocycles. The normalized spacial score (nSPS) is 15.8. The highest BCUT2D eigenvalue weighted by Crippen LogP contribution is 2.23. The van der Waals surface area contributed by atoms with Crippen molar-refractivity contribution >= 4 is 29.0 Å². The van der Waals surface area contributed by atoms with E-state index in [-0.39, 0.29) is 17.7 Å². The Balaban J connectivity index is 1.32. The van der Waals surface area contributed by atoms with Crippen LogP contribution in [0.1, 0.15) is 22.3 Å². The van der Waals surface area contributed by atoms with E-state index in [9.17, 15) is 14.3 Å². The molecule has 3 N–H and O–H groups in total. The summed E-state index contributed by atoms with van der Waals surface area (Å²) in [5, 5.41) is 16.6. The van der Waals surface area contributed by atoms with Gasteiger partial charge in [-0.3, -0.25) is 4.79 Å². The van der Waals surface area contributed by atoms with Gasteiger partial charge in [-0.2, -0.15) is 0 Å². The molecule has 0 bridgehead atoms. The summed E-state index contributed by atoms with van der Waals surface area (Å²) in [4.78, 5) is 18.9. The van der Waals surface area contributed by atoms with Crippen LogP contribution in [0.3, 0.4) is 0 Å². The largest absolute Gasteiger partial charge is 0.508 e. The van der Waals surface area contributed by atoms with E-state index < -0.39 is 5.82 Å². The lowest BCUT2D eigenvalue weighted by molar-refractivity contribution is 0.102. The van der Waals surface area contributed by atoms with Gasteiger partial charge in [0.25, 0.3) is 5.91 Å². The molecule has 1 amide bonds. The molecule has 1 atom stereocenters. The Hall–Kier alpha value is -3.16. The van der Waals surface area contributed by atoms with Crippen LogP contribution in [-0.2, 0) is 6.54 Å². The highest BCUT2D eigenvalue weighted by Gasteiger charge is 2.23. The third-order valence-corrected chi connectivity index (χ3v) is 5.46. The smallest absolute Gasteiger partial charge is 0.257 e. The number of carbonyl (C=O) groups is 1. The lowest BCUT2D eigenvalue weighted by atomic mass is 10.2. The quantitative estimate of drug-likeness (QED) is 0.535. The maximum atomic E-state index is 13.3. The van der Waals surface area contributed by atoms with Gasteiger partial charge in [0.15, 0.2) is 0 Å². The van der Waals surface area contributed by atoms with Gasteiger partial charge in [-0.1, -0.05) is 17.7 Å². The first-order chi connectivity index (χ1) is 15.0. The summed E-state index contributed by atoms with van der Waals surface area (Å²) in [6.07, 6.45) is 2.46. The number of anilines is 2. The number of carbonyl (C=O) groups excluding carboxylic acids is 1. The third kappa shape index (κ3) is 5.31. The summed E-state index contributed by atoms with van der Waals surface area (Å²) in [5.74, 6) is 0.263. The molecular formula is C23H22ClFN4O2. The third-order valence-electron chi connectivity index (χ3n) is 5.23. The Morgan fingerprint density at radius 1 is 1.23 bits per heavy atom. The van der Waals surface area contributed by atoms with Crippen LogP contribution in [0.15, 0.2) is 60.8 Å². The topological polar surface area (TPSA) is 77.5 Å². The predicted molar refractivity (Wildman–Crippen MR) is 119 cm³/mol. The van der Waals surface area contributed by atoms with Gasteiger partial charge in [-0.25, -0.2) is 9.37 Å². The van der Waals surface area contributed by atoms with Crippen molar-refractivity contribution in [1.29, 1.82) is 0 Å². The number of rotatable bonds is 6. The van der Waals surface area contributed by atoms with E-state index in [4.69, 9.17) is 11.6 Å². The van der Waals surface area contributed by atoms with E-state index in [0.29, 0.717) is 22.8 Å². The molecule has 4 rings (SSSR count). The van der Waals surface area contributed by atoms with Gasteiger partial charge in [0, 0.05) is 48.1 Å². The number of hydrogen-bond acceptors (Lipinski definition) is 5. The van der Waals surface area contributed by atoms with Crippen LogP contribution in [0, 0.1) is 5.82 Å². The molecule has 31 heavy (non-hydrogen) atoms. The number of benzene rings is 2. The fourth-order valence-electron chi connectivity index (χ4n) is 3.56. The number of aromatic hydroxyl groups is 1. The summed E-state index contributed by atoms with van der Waals surface area (Å²) >= 11 is 6.00. The molecule has 3 aromatic rings. The maximum absolute atomic E-state index is 13.3. The molecule has 1 aliphatic rings. The van der Waals surface area contributed by atoms with Gasteiger partial charge in [0.1, 0.15) is 17.4 Å². The highest BCUT2D eigenvalue weighted by atomic mass is 35.5. The molecule has 1 aliphatic heterocycles. The Kier molecular flexibility index (Phi) is 6.34. The Morgan fingerprint density at radius 3 is 2.87 bits per heavy atom. The zero-order chi connectivity index (χ0) is 21.8. The average molecular weight is 441 g/mol. The minimum absolute atomic E-state index is 0.223. The zero-order valence-electron chi connectivity index (χ0n) is 16.7. The van der Waals surface area contributed by atoms with E-state index in [1.54, 1.807) is 30.3 Å². The Morgan fingerprint density at radius 2 is 2.10 bits per heavy atom. The van der Waals surface area contributed by atoms with Crippen LogP contribution < -0.4 is 15.5 Å². The summed E-state index contributed by atoms with van der Waals surface area (Å²) in [6.45, 7) is 2.13. The number of pyridine rings is 1. The number of aromatic nitrogens is 1. The molecule has 6 nitrogen and oxygen atoms in total. The molecule has 0 radical (unpaired) electrons. The molecule has 2 heterocycles. The number of phenols is 1. The second kappa shape index (κ2) is 9.32. The van der Waals surface area contributed by atoms with Crippen molar-refractivity contribution in [3.8, 4) is 5.75 Å². The molecule has 0 spiro atoms. The van der Waals surface area contributed by atoms with Crippen molar-refractivity contribution in [2.75, 3.05) is 23.3 Å². The van der Waals surface area contributed by atoms with Crippen LogP contribution in [0.25, 0.3) is 0 Å². The predicted octanol–water partition coefficient (Wildman–Crippen LogP) is 4.20. The first-order valence-corrected chi connectivity index (χ1v) is 10.3. The molecule has 1 fully saturated rings. The lowest BCUT2D eigenvalue weighted by Crippen LogP contribution is -2.32. The lowest BCUT2D eigenvalue weighted by Gasteiger charge is -2.18. The maximum Gasteiger partial charge on any atom is 0.257 e. The Labute approximate surface area is 184 Å². The van der Waals surface area contributed by atoms with E-state index in [0.717, 1.165) is 30.9 Å². The SMILES string of the molecule is O=C(Nc1cccc(F)c1)c1ccc(N2CC[C@@H](NCc3cc(Cl)ccc3O)C2)nc1. The minimum atomic E-state index is -0.408. The molecule has 1 saturated heterocycles. The zero-order valence-corrected chi connectivity index (χ0v) is 17.4. The van der Waals surface area contributed by atoms with Crippen molar-refractivity contribution in [1.82, 2.24) is 10.3 Å². The molecular weight excluding hydrogens is 419 g/mol. The number of amides is 1. The second-order valence-electron chi connectivity index (χ2n) is 7.46. The van der Waals surface area contributed by atoms with Gasteiger partial charge in [-0.15, -0.1) is 0 Å². The number of hydrogen-bond donors (Lipinski definition) is 3. The van der Waals surface area contributed by atoms with Crippen molar-refractivity contribution in [2.45, 2.75) is 19.0 Å². The summed E-state index contributed by atoms with van der Waals surface area (Å²) in [6, 6.07) is 14.5. The molecule has 1 aromatic heterocycles. The van der Waals surface area contributed by atoms with Gasteiger partial charge < -0.3 is 20.6 Å². The Bertz CT molecular complexity index is 1080. The van der Waals surface area contributed by atoms with E-state index in [1.165, 1.54) is 24.4 Å². The number of halogens is 2. The minimum Gasteiger partial charge on any atom is -0.508 e. The van der Waals surface area contributed by atoms with Crippen LogP contribution >= 0.6 is 11.6 Å². The molecule has 160 valence electrons. The summed E-state index contributed by atoms with van der Waals surface area (Å²) in [5.41, 5.74) is 1.56. The summed E-state index contributed by atoms with van der Waals surface area (Å²) in [7, 11) is 0. The van der Waals surface area contributed by atoms with Crippen LogP contribution in [0.2, 0.25) is 5.02 Å². The van der Waals surface area contributed by atoms with Gasteiger partial charge in [-0.05, 0) is 55.0 Å². The van der Waals surface area contributed by atoms with Crippen LogP contribution in [-0.4, -0.2) is 35.1 Å². The van der Waals surface area contributed by atoms with Crippen molar-refractivity contribution in [3.63, 3.8) is 0 Å². The molecule has 0 unspecified atom stereocenters. The first kappa shape index (κ1) is 21.1. The molecule has 8 heteroatoms. The van der Waals surface area contributed by atoms with Crippen LogP contribution in [0.5, 0.6) is 5.75 Å². The number of nitrogens with one attached hydrogen (secondary N) is 2. The van der Waals surface area contributed by atoms with Gasteiger partial charge in [0.2, 0.25) is 0 Å². The standard InChI is InChI=1S/C23H22ClFN4O2/c24-17-5-6-21(30)16(10-17)13-26-20-8-9-29(14-20)22-7-4-15(12-27-22)23(31)28-19-3-1-2-18(25)11-19/h1-7,10-12,20,26,30H,8-9,13-14H2,(H,28,31)/t20-/m1/s1. The monoisotopic (exact) mass is 440 g/mol. The molecule has 2 aromatic carbocycles. The average Bonchev–Trinajstić information content (AvgIpc) is 3.23. The van der Waals surface area contributed by atoms with Gasteiger partial charge in [0.05, 0.1) is 5.56 Å². The van der Waals surface area contributed by atoms with Crippen LogP contribution in [0.4, 0.5) is 15.9 Å². The number of nitrogens with zero attached hydrogens (tertiary/aromatic N) is 2. The second-order valence-corrected chi connectivity index (χ2v) is 7.89. The fraction of sp³-hybridized carbons (Fsp3) is 0.217. The van der Waals surface area contributed by atoms with E-state index >= 15 is 0 Å². The van der Waals surface area contributed by atoms with Crippen molar-refractivity contribution in [3.05, 3.63) is 82.8 Å². The fourth-order valence-corrected chi connectivity index (χ4v) is 3.76. The van der Waals surface area contributed by atoms with E-state index in [1.807, 2.05) is 6.07 Å². The van der Waals surface area contributed by atoms with Crippen molar-refractivity contribution < 1.29 is 14.3 Å².